The summed E-state index contributed by atoms with van der Waals surface area (Å²) < 4.78 is 14.5. The Bertz CT molecular complexity index is 798. The molecule has 3 saturated heterocycles. The van der Waals surface area contributed by atoms with Crippen LogP contribution in [0.4, 0.5) is 10.1 Å². The van der Waals surface area contributed by atoms with E-state index in [-0.39, 0.29) is 24.1 Å². The fourth-order valence-electron chi connectivity index (χ4n) is 4.09. The van der Waals surface area contributed by atoms with E-state index in [0.29, 0.717) is 5.92 Å². The van der Waals surface area contributed by atoms with Gasteiger partial charge in [-0.2, -0.15) is 0 Å². The van der Waals surface area contributed by atoms with E-state index in [1.807, 2.05) is 30.3 Å². The summed E-state index contributed by atoms with van der Waals surface area (Å²) in [5, 5.41) is 11.9. The second-order valence-corrected chi connectivity index (χ2v) is 7.28. The van der Waals surface area contributed by atoms with E-state index in [0.717, 1.165) is 49.2 Å². The summed E-state index contributed by atoms with van der Waals surface area (Å²) in [5.41, 5.74) is 2.67. The highest BCUT2D eigenvalue weighted by Gasteiger charge is 2.38. The van der Waals surface area contributed by atoms with Crippen molar-refractivity contribution in [2.75, 3.05) is 25.0 Å². The Morgan fingerprint density at radius 1 is 1.12 bits per heavy atom. The van der Waals surface area contributed by atoms with Crippen molar-refractivity contribution >= 4 is 11.6 Å². The number of nitrogens with one attached hydrogen (secondary N) is 1. The number of carbonyl (C=O) groups is 1. The maximum Gasteiger partial charge on any atom is 0.229 e. The second-order valence-electron chi connectivity index (χ2n) is 7.28. The van der Waals surface area contributed by atoms with Crippen molar-refractivity contribution in [3.8, 4) is 11.1 Å². The molecule has 5 rings (SSSR count). The number of aliphatic hydroxyl groups excluding tert-OH is 1. The van der Waals surface area contributed by atoms with Gasteiger partial charge in [0.15, 0.2) is 0 Å². The number of fused-ring (bicyclic) bond motifs is 3. The van der Waals surface area contributed by atoms with Crippen LogP contribution in [0.5, 0.6) is 0 Å². The minimum Gasteiger partial charge on any atom is -0.392 e. The molecule has 1 atom stereocenters. The van der Waals surface area contributed by atoms with Gasteiger partial charge in [-0.15, -0.1) is 0 Å². The molecule has 3 aliphatic heterocycles. The monoisotopic (exact) mass is 354 g/mol. The van der Waals surface area contributed by atoms with Gasteiger partial charge in [0.05, 0.1) is 18.2 Å². The Labute approximate surface area is 152 Å². The van der Waals surface area contributed by atoms with Crippen LogP contribution in [0.15, 0.2) is 42.5 Å². The van der Waals surface area contributed by atoms with Crippen molar-refractivity contribution in [2.45, 2.75) is 19.4 Å². The van der Waals surface area contributed by atoms with Crippen molar-refractivity contribution in [1.29, 1.82) is 0 Å². The molecule has 0 radical (unpaired) electrons. The van der Waals surface area contributed by atoms with Crippen molar-refractivity contribution in [2.24, 2.45) is 11.8 Å². The minimum atomic E-state index is -0.427. The predicted octanol–water partition coefficient (Wildman–Crippen LogP) is 3.27. The van der Waals surface area contributed by atoms with Crippen LogP contribution in [-0.2, 0) is 11.4 Å². The van der Waals surface area contributed by atoms with Crippen molar-refractivity contribution in [3.63, 3.8) is 0 Å². The lowest BCUT2D eigenvalue weighted by Crippen LogP contribution is -2.51. The van der Waals surface area contributed by atoms with Crippen molar-refractivity contribution in [3.05, 3.63) is 53.8 Å². The molecule has 0 saturated carbocycles. The average Bonchev–Trinajstić information content (AvgIpc) is 2.70. The van der Waals surface area contributed by atoms with Gasteiger partial charge in [-0.05, 0) is 60.7 Å². The molecule has 1 unspecified atom stereocenters. The number of hydrogen-bond donors (Lipinski definition) is 2. The molecule has 2 N–H and O–H groups in total. The van der Waals surface area contributed by atoms with Gasteiger partial charge >= 0.3 is 0 Å². The first-order valence-electron chi connectivity index (χ1n) is 9.17. The lowest BCUT2D eigenvalue weighted by Gasteiger charge is -2.43. The normalized spacial score (nSPS) is 24.5. The molecule has 3 aliphatic rings. The predicted molar refractivity (Wildman–Crippen MR) is 99.0 cm³/mol. The van der Waals surface area contributed by atoms with Gasteiger partial charge in [0.2, 0.25) is 5.91 Å². The number of rotatable bonds is 4. The highest BCUT2D eigenvalue weighted by atomic mass is 19.1. The molecule has 0 aromatic heterocycles. The Balaban J connectivity index is 1.48. The van der Waals surface area contributed by atoms with E-state index in [4.69, 9.17) is 5.11 Å². The molecule has 2 bridgehead atoms. The summed E-state index contributed by atoms with van der Waals surface area (Å²) in [7, 11) is 0. The zero-order valence-corrected chi connectivity index (χ0v) is 14.6. The molecule has 5 heteroatoms. The van der Waals surface area contributed by atoms with E-state index in [2.05, 4.69) is 10.2 Å². The first-order valence-corrected chi connectivity index (χ1v) is 9.17. The van der Waals surface area contributed by atoms with Crippen LogP contribution >= 0.6 is 0 Å². The number of nitrogens with zero attached hydrogens (tertiary/aromatic N) is 1. The Morgan fingerprint density at radius 3 is 2.38 bits per heavy atom. The fourth-order valence-corrected chi connectivity index (χ4v) is 4.09. The van der Waals surface area contributed by atoms with Gasteiger partial charge in [0, 0.05) is 6.54 Å². The van der Waals surface area contributed by atoms with Gasteiger partial charge in [0.1, 0.15) is 5.82 Å². The van der Waals surface area contributed by atoms with Gasteiger partial charge in [-0.3, -0.25) is 4.79 Å². The largest absolute Gasteiger partial charge is 0.392 e. The molecule has 2 aromatic rings. The Morgan fingerprint density at radius 2 is 1.81 bits per heavy atom. The maximum atomic E-state index is 14.5. The second kappa shape index (κ2) is 7.17. The van der Waals surface area contributed by atoms with E-state index in [1.165, 1.54) is 6.07 Å². The van der Waals surface area contributed by atoms with E-state index in [9.17, 15) is 9.18 Å². The molecule has 0 aliphatic carbocycles. The van der Waals surface area contributed by atoms with Gasteiger partial charge < -0.3 is 15.3 Å². The Kier molecular flexibility index (Phi) is 4.74. The summed E-state index contributed by atoms with van der Waals surface area (Å²) >= 11 is 0. The number of piperidine rings is 3. The molecule has 4 nitrogen and oxygen atoms in total. The summed E-state index contributed by atoms with van der Waals surface area (Å²) in [6.45, 7) is 2.92. The molecular formula is C21H23FN2O2. The number of benzene rings is 2. The SMILES string of the molecule is O=C(Nc1ccc(-c2ccc(CO)cc2)cc1F)C1CN2CCC1CC2. The lowest BCUT2D eigenvalue weighted by atomic mass is 9.78. The number of aliphatic hydroxyl groups is 1. The summed E-state index contributed by atoms with van der Waals surface area (Å²) in [4.78, 5) is 14.9. The lowest BCUT2D eigenvalue weighted by molar-refractivity contribution is -0.125. The first-order chi connectivity index (χ1) is 12.6. The van der Waals surface area contributed by atoms with Crippen molar-refractivity contribution in [1.82, 2.24) is 4.90 Å². The van der Waals surface area contributed by atoms with Crippen LogP contribution in [0.2, 0.25) is 0 Å². The summed E-state index contributed by atoms with van der Waals surface area (Å²) in [6.07, 6.45) is 2.12. The third-order valence-electron chi connectivity index (χ3n) is 5.69. The van der Waals surface area contributed by atoms with E-state index in [1.54, 1.807) is 6.07 Å². The fraction of sp³-hybridized carbons (Fsp3) is 0.381. The van der Waals surface area contributed by atoms with Crippen LogP contribution in [0.3, 0.4) is 0 Å². The molecular weight excluding hydrogens is 331 g/mol. The first kappa shape index (κ1) is 17.2. The molecule has 26 heavy (non-hydrogen) atoms. The van der Waals surface area contributed by atoms with Crippen LogP contribution in [0.1, 0.15) is 18.4 Å². The molecule has 3 fully saturated rings. The van der Waals surface area contributed by atoms with Crippen LogP contribution in [0.25, 0.3) is 11.1 Å². The van der Waals surface area contributed by atoms with E-state index >= 15 is 0 Å². The quantitative estimate of drug-likeness (QED) is 0.886. The summed E-state index contributed by atoms with van der Waals surface area (Å²) in [5.74, 6) is -0.114. The van der Waals surface area contributed by atoms with Crippen molar-refractivity contribution < 1.29 is 14.3 Å². The van der Waals surface area contributed by atoms with Gasteiger partial charge in [-0.1, -0.05) is 30.3 Å². The van der Waals surface area contributed by atoms with Crippen LogP contribution in [0, 0.1) is 17.7 Å². The zero-order chi connectivity index (χ0) is 18.1. The number of carbonyl (C=O) groups excluding carboxylic acids is 1. The maximum absolute atomic E-state index is 14.5. The summed E-state index contributed by atoms with van der Waals surface area (Å²) in [6, 6.07) is 12.2. The van der Waals surface area contributed by atoms with Gasteiger partial charge in [-0.25, -0.2) is 4.39 Å². The topological polar surface area (TPSA) is 52.6 Å². The minimum absolute atomic E-state index is 0.0147. The van der Waals surface area contributed by atoms with Gasteiger partial charge in [0.25, 0.3) is 0 Å². The number of halogens is 1. The molecule has 0 spiro atoms. The highest BCUT2D eigenvalue weighted by molar-refractivity contribution is 5.93. The Hall–Kier alpha value is -2.24. The van der Waals surface area contributed by atoms with E-state index < -0.39 is 5.82 Å². The molecule has 136 valence electrons. The number of hydrogen-bond acceptors (Lipinski definition) is 3. The van der Waals surface area contributed by atoms with Crippen LogP contribution < -0.4 is 5.32 Å². The molecule has 3 heterocycles. The molecule has 2 aromatic carbocycles. The number of anilines is 1. The number of amides is 1. The third kappa shape index (κ3) is 3.37. The average molecular weight is 354 g/mol. The highest BCUT2D eigenvalue weighted by Crippen LogP contribution is 2.33. The zero-order valence-electron chi connectivity index (χ0n) is 14.6. The van der Waals surface area contributed by atoms with Crippen LogP contribution in [-0.4, -0.2) is 35.5 Å². The smallest absolute Gasteiger partial charge is 0.229 e. The molecule has 1 amide bonds. The standard InChI is InChI=1S/C21H23FN2O2/c22-19-11-17(15-3-1-14(13-25)2-4-15)5-6-20(19)23-21(26)18-12-24-9-7-16(18)8-10-24/h1-6,11,16,18,25H,7-10,12-13H2,(H,23,26). The third-order valence-corrected chi connectivity index (χ3v) is 5.69.